The van der Waals surface area contributed by atoms with Gasteiger partial charge >= 0.3 is 18.1 Å². The SMILES string of the molecule is CCCCCc1ccc(S(=O)(=O)NC2(CC(=O)O)CCN(C)CC2)cc1.O=C(O)C(F)(F)F. The van der Waals surface area contributed by atoms with Crippen molar-refractivity contribution < 1.29 is 41.4 Å². The molecule has 1 aromatic rings. The molecular formula is C21H31F3N2O6S. The highest BCUT2D eigenvalue weighted by Crippen LogP contribution is 2.28. The standard InChI is InChI=1S/C19H30N2O4S.C2HF3O2/c1-3-4-5-6-16-7-9-17(10-8-16)26(24,25)20-19(15-18(22)23)11-13-21(2)14-12-19;3-2(4,5)1(6)7/h7-10,20H,3-6,11-15H2,1-2H3,(H,22,23);(H,6,7). The van der Waals surface area contributed by atoms with E-state index < -0.39 is 33.7 Å². The number of halogens is 3. The number of unbranched alkanes of at least 4 members (excludes halogenated alkanes) is 2. The zero-order valence-electron chi connectivity index (χ0n) is 18.7. The summed E-state index contributed by atoms with van der Waals surface area (Å²) in [5, 5.41) is 16.4. The van der Waals surface area contributed by atoms with E-state index in [0.29, 0.717) is 25.9 Å². The summed E-state index contributed by atoms with van der Waals surface area (Å²) in [6.07, 6.45) is 0.0431. The lowest BCUT2D eigenvalue weighted by Crippen LogP contribution is -2.55. The third kappa shape index (κ3) is 10.1. The number of alkyl halides is 3. The van der Waals surface area contributed by atoms with Crippen LogP contribution < -0.4 is 4.72 Å². The number of nitrogens with one attached hydrogen (secondary N) is 1. The van der Waals surface area contributed by atoms with Crippen LogP contribution in [0.3, 0.4) is 0 Å². The quantitative estimate of drug-likeness (QED) is 0.448. The fourth-order valence-corrected chi connectivity index (χ4v) is 4.87. The Labute approximate surface area is 191 Å². The Bertz CT molecular complexity index is 880. The Morgan fingerprint density at radius 1 is 1.09 bits per heavy atom. The van der Waals surface area contributed by atoms with Crippen LogP contribution in [0.1, 0.15) is 51.0 Å². The minimum absolute atomic E-state index is 0.195. The molecule has 0 aromatic heterocycles. The van der Waals surface area contributed by atoms with Gasteiger partial charge in [-0.25, -0.2) is 17.9 Å². The van der Waals surface area contributed by atoms with E-state index in [1.807, 2.05) is 19.2 Å². The Morgan fingerprint density at radius 3 is 2.03 bits per heavy atom. The van der Waals surface area contributed by atoms with Gasteiger partial charge in [0.1, 0.15) is 0 Å². The van der Waals surface area contributed by atoms with Crippen LogP contribution in [0.15, 0.2) is 29.2 Å². The molecule has 0 bridgehead atoms. The Morgan fingerprint density at radius 2 is 1.61 bits per heavy atom. The molecule has 0 spiro atoms. The average Bonchev–Trinajstić information content (AvgIpc) is 2.70. The molecule has 3 N–H and O–H groups in total. The van der Waals surface area contributed by atoms with Crippen LogP contribution in [0.2, 0.25) is 0 Å². The second kappa shape index (κ2) is 12.3. The van der Waals surface area contributed by atoms with Gasteiger partial charge in [0.05, 0.1) is 11.3 Å². The first-order chi connectivity index (χ1) is 15.2. The largest absolute Gasteiger partial charge is 0.490 e. The molecule has 33 heavy (non-hydrogen) atoms. The molecule has 0 atom stereocenters. The zero-order valence-corrected chi connectivity index (χ0v) is 19.5. The van der Waals surface area contributed by atoms with Crippen molar-refractivity contribution in [3.05, 3.63) is 29.8 Å². The fraction of sp³-hybridized carbons (Fsp3) is 0.619. The van der Waals surface area contributed by atoms with Gasteiger partial charge in [0.25, 0.3) is 0 Å². The monoisotopic (exact) mass is 496 g/mol. The molecule has 1 aliphatic heterocycles. The van der Waals surface area contributed by atoms with Gasteiger partial charge in [-0.1, -0.05) is 31.9 Å². The lowest BCUT2D eigenvalue weighted by Gasteiger charge is -2.40. The maximum absolute atomic E-state index is 12.8. The normalized spacial score (nSPS) is 16.5. The summed E-state index contributed by atoms with van der Waals surface area (Å²) in [5.41, 5.74) is 0.202. The van der Waals surface area contributed by atoms with Crippen LogP contribution in [-0.2, 0) is 26.0 Å². The Kier molecular flexibility index (Phi) is 10.8. The van der Waals surface area contributed by atoms with Gasteiger partial charge in [-0.3, -0.25) is 4.79 Å². The van der Waals surface area contributed by atoms with Gasteiger partial charge in [0, 0.05) is 5.54 Å². The minimum Gasteiger partial charge on any atom is -0.481 e. The molecule has 0 radical (unpaired) electrons. The number of aryl methyl sites for hydroxylation is 1. The number of sulfonamides is 1. The van der Waals surface area contributed by atoms with Crippen molar-refractivity contribution in [3.63, 3.8) is 0 Å². The summed E-state index contributed by atoms with van der Waals surface area (Å²) >= 11 is 0. The molecular weight excluding hydrogens is 465 g/mol. The van der Waals surface area contributed by atoms with Crippen LogP contribution >= 0.6 is 0 Å². The molecule has 0 unspecified atom stereocenters. The number of carbonyl (C=O) groups is 2. The molecule has 8 nitrogen and oxygen atoms in total. The van der Waals surface area contributed by atoms with Gasteiger partial charge in [0.15, 0.2) is 0 Å². The molecule has 1 aliphatic rings. The maximum Gasteiger partial charge on any atom is 0.490 e. The first kappa shape index (κ1) is 28.9. The molecule has 0 amide bonds. The molecule has 2 rings (SSSR count). The lowest BCUT2D eigenvalue weighted by atomic mass is 9.86. The lowest BCUT2D eigenvalue weighted by molar-refractivity contribution is -0.192. The van der Waals surface area contributed by atoms with Crippen molar-refractivity contribution in [2.45, 2.75) is 68.5 Å². The summed E-state index contributed by atoms with van der Waals surface area (Å²) in [6, 6.07) is 6.94. The number of piperidine rings is 1. The van der Waals surface area contributed by atoms with Gasteiger partial charge < -0.3 is 15.1 Å². The molecule has 188 valence electrons. The van der Waals surface area contributed by atoms with Crippen LogP contribution in [0.4, 0.5) is 13.2 Å². The van der Waals surface area contributed by atoms with Crippen molar-refractivity contribution in [2.24, 2.45) is 0 Å². The Hall–Kier alpha value is -2.18. The molecule has 1 fully saturated rings. The molecule has 12 heteroatoms. The number of likely N-dealkylation sites (tertiary alicyclic amines) is 1. The van der Waals surface area contributed by atoms with Crippen molar-refractivity contribution >= 4 is 22.0 Å². The predicted octanol–water partition coefficient (Wildman–Crippen LogP) is 3.27. The number of benzene rings is 1. The zero-order chi connectivity index (χ0) is 25.3. The molecule has 1 heterocycles. The molecule has 0 saturated carbocycles. The van der Waals surface area contributed by atoms with Crippen molar-refractivity contribution in [1.29, 1.82) is 0 Å². The van der Waals surface area contributed by atoms with E-state index in [0.717, 1.165) is 31.2 Å². The number of carboxylic acids is 2. The third-order valence-corrected chi connectivity index (χ3v) is 6.92. The van der Waals surface area contributed by atoms with Crippen LogP contribution in [0.5, 0.6) is 0 Å². The van der Waals surface area contributed by atoms with E-state index in [9.17, 15) is 31.5 Å². The van der Waals surface area contributed by atoms with Crippen molar-refractivity contribution in [3.8, 4) is 0 Å². The molecule has 1 saturated heterocycles. The number of carboxylic acid groups (broad SMARTS) is 2. The Balaban J connectivity index is 0.000000675. The number of rotatable bonds is 9. The van der Waals surface area contributed by atoms with E-state index in [4.69, 9.17) is 9.90 Å². The summed E-state index contributed by atoms with van der Waals surface area (Å²) in [7, 11) is -1.80. The number of aliphatic carboxylic acids is 2. The van der Waals surface area contributed by atoms with Gasteiger partial charge in [-0.15, -0.1) is 0 Å². The highest BCUT2D eigenvalue weighted by atomic mass is 32.2. The van der Waals surface area contributed by atoms with Crippen LogP contribution in [0, 0.1) is 0 Å². The second-order valence-corrected chi connectivity index (χ2v) is 9.85. The molecule has 0 aliphatic carbocycles. The topological polar surface area (TPSA) is 124 Å². The maximum atomic E-state index is 12.8. The summed E-state index contributed by atoms with van der Waals surface area (Å²) in [4.78, 5) is 22.5. The highest BCUT2D eigenvalue weighted by molar-refractivity contribution is 7.89. The van der Waals surface area contributed by atoms with Gasteiger partial charge in [-0.2, -0.15) is 13.2 Å². The predicted molar refractivity (Wildman–Crippen MR) is 115 cm³/mol. The van der Waals surface area contributed by atoms with Gasteiger partial charge in [-0.05, 0) is 63.5 Å². The average molecular weight is 497 g/mol. The minimum atomic E-state index is -5.08. The van der Waals surface area contributed by atoms with Crippen molar-refractivity contribution in [1.82, 2.24) is 9.62 Å². The van der Waals surface area contributed by atoms with E-state index in [1.54, 1.807) is 12.1 Å². The second-order valence-electron chi connectivity index (χ2n) is 8.16. The first-order valence-corrected chi connectivity index (χ1v) is 12.0. The summed E-state index contributed by atoms with van der Waals surface area (Å²) in [5.74, 6) is -3.74. The third-order valence-electron chi connectivity index (χ3n) is 5.33. The van der Waals surface area contributed by atoms with Crippen molar-refractivity contribution in [2.75, 3.05) is 20.1 Å². The van der Waals surface area contributed by atoms with E-state index in [2.05, 4.69) is 16.5 Å². The summed E-state index contributed by atoms with van der Waals surface area (Å²) < 4.78 is 60.1. The summed E-state index contributed by atoms with van der Waals surface area (Å²) in [6.45, 7) is 3.50. The fourth-order valence-electron chi connectivity index (χ4n) is 3.41. The smallest absolute Gasteiger partial charge is 0.481 e. The number of hydrogen-bond donors (Lipinski definition) is 3. The van der Waals surface area contributed by atoms with E-state index in [1.165, 1.54) is 0 Å². The number of hydrogen-bond acceptors (Lipinski definition) is 5. The molecule has 1 aromatic carbocycles. The first-order valence-electron chi connectivity index (χ1n) is 10.5. The highest BCUT2D eigenvalue weighted by Gasteiger charge is 2.40. The number of nitrogens with zero attached hydrogens (tertiary/aromatic N) is 1. The van der Waals surface area contributed by atoms with Crippen LogP contribution in [-0.4, -0.2) is 67.3 Å². The van der Waals surface area contributed by atoms with E-state index >= 15 is 0 Å². The van der Waals surface area contributed by atoms with E-state index in [-0.39, 0.29) is 11.3 Å². The van der Waals surface area contributed by atoms with Crippen LogP contribution in [0.25, 0.3) is 0 Å². The van der Waals surface area contributed by atoms with Gasteiger partial charge in [0.2, 0.25) is 10.0 Å².